The third-order valence-electron chi connectivity index (χ3n) is 5.04. The van der Waals surface area contributed by atoms with Gasteiger partial charge in [0.05, 0.1) is 6.61 Å². The van der Waals surface area contributed by atoms with Crippen LogP contribution in [-0.2, 0) is 21.5 Å². The van der Waals surface area contributed by atoms with Gasteiger partial charge in [-0.3, -0.25) is 4.79 Å². The predicted molar refractivity (Wildman–Crippen MR) is 103 cm³/mol. The second-order valence-electron chi connectivity index (χ2n) is 6.68. The summed E-state index contributed by atoms with van der Waals surface area (Å²) in [6.07, 6.45) is 1.71. The van der Waals surface area contributed by atoms with Gasteiger partial charge in [0.2, 0.25) is 0 Å². The fourth-order valence-corrected chi connectivity index (χ4v) is 3.71. The summed E-state index contributed by atoms with van der Waals surface area (Å²) in [7, 11) is 1.63. The third kappa shape index (κ3) is 4.26. The van der Waals surface area contributed by atoms with E-state index in [4.69, 9.17) is 21.1 Å². The molecule has 0 radical (unpaired) electrons. The lowest BCUT2D eigenvalue weighted by Gasteiger charge is -2.38. The highest BCUT2D eigenvalue weighted by molar-refractivity contribution is 6.30. The lowest BCUT2D eigenvalue weighted by molar-refractivity contribution is 0.0487. The van der Waals surface area contributed by atoms with Crippen molar-refractivity contribution in [2.24, 2.45) is 0 Å². The van der Waals surface area contributed by atoms with Crippen LogP contribution < -0.4 is 5.32 Å². The lowest BCUT2D eigenvalue weighted by atomic mass is 9.74. The summed E-state index contributed by atoms with van der Waals surface area (Å²) in [5.41, 5.74) is 2.53. The first-order valence-electron chi connectivity index (χ1n) is 8.83. The van der Waals surface area contributed by atoms with Crippen LogP contribution in [0.5, 0.6) is 0 Å². The van der Waals surface area contributed by atoms with E-state index in [9.17, 15) is 4.79 Å². The molecule has 3 rings (SSSR count). The van der Waals surface area contributed by atoms with E-state index in [-0.39, 0.29) is 11.3 Å². The van der Waals surface area contributed by atoms with Gasteiger partial charge in [-0.25, -0.2) is 0 Å². The summed E-state index contributed by atoms with van der Waals surface area (Å²) < 4.78 is 10.8. The van der Waals surface area contributed by atoms with Gasteiger partial charge in [-0.15, -0.1) is 0 Å². The highest BCUT2D eigenvalue weighted by atomic mass is 35.5. The highest BCUT2D eigenvalue weighted by Crippen LogP contribution is 2.35. The SMILES string of the molecule is COCc1ccccc1C(=O)NCC1(c2cccc(Cl)c2)CCOCC1. The second-order valence-corrected chi connectivity index (χ2v) is 7.11. The van der Waals surface area contributed by atoms with E-state index in [0.717, 1.165) is 24.0 Å². The average Bonchev–Trinajstić information content (AvgIpc) is 2.67. The zero-order valence-corrected chi connectivity index (χ0v) is 15.7. The van der Waals surface area contributed by atoms with E-state index in [1.165, 1.54) is 0 Å². The molecular formula is C21H24ClNO3. The Morgan fingerprint density at radius 3 is 2.69 bits per heavy atom. The number of carbonyl (C=O) groups excluding carboxylic acids is 1. The van der Waals surface area contributed by atoms with Crippen molar-refractivity contribution in [2.75, 3.05) is 26.9 Å². The maximum absolute atomic E-state index is 12.8. The average molecular weight is 374 g/mol. The molecule has 0 unspecified atom stereocenters. The van der Waals surface area contributed by atoms with Gasteiger partial charge in [-0.05, 0) is 42.2 Å². The maximum atomic E-state index is 12.8. The van der Waals surface area contributed by atoms with Crippen LogP contribution in [0.3, 0.4) is 0 Å². The van der Waals surface area contributed by atoms with Crippen LogP contribution in [0.4, 0.5) is 0 Å². The van der Waals surface area contributed by atoms with Crippen LogP contribution in [0.1, 0.15) is 34.3 Å². The van der Waals surface area contributed by atoms with Crippen molar-refractivity contribution in [3.63, 3.8) is 0 Å². The van der Waals surface area contributed by atoms with E-state index in [1.54, 1.807) is 7.11 Å². The van der Waals surface area contributed by atoms with Crippen molar-refractivity contribution < 1.29 is 14.3 Å². The number of amides is 1. The second kappa shape index (κ2) is 8.67. The summed E-state index contributed by atoms with van der Waals surface area (Å²) in [6, 6.07) is 15.5. The molecule has 0 aliphatic carbocycles. The van der Waals surface area contributed by atoms with E-state index in [1.807, 2.05) is 42.5 Å². The van der Waals surface area contributed by atoms with Gasteiger partial charge in [0.15, 0.2) is 0 Å². The minimum Gasteiger partial charge on any atom is -0.381 e. The van der Waals surface area contributed by atoms with Gasteiger partial charge in [0.1, 0.15) is 0 Å². The number of ether oxygens (including phenoxy) is 2. The van der Waals surface area contributed by atoms with Crippen LogP contribution in [0, 0.1) is 0 Å². The molecule has 1 fully saturated rings. The summed E-state index contributed by atoms with van der Waals surface area (Å²) in [5.74, 6) is -0.0782. The Bertz CT molecular complexity index is 756. The molecule has 1 aliphatic heterocycles. The molecule has 1 N–H and O–H groups in total. The van der Waals surface area contributed by atoms with E-state index in [2.05, 4.69) is 11.4 Å². The Hall–Kier alpha value is -1.88. The molecule has 1 saturated heterocycles. The van der Waals surface area contributed by atoms with Gasteiger partial charge in [0, 0.05) is 42.9 Å². The highest BCUT2D eigenvalue weighted by Gasteiger charge is 2.35. The Kier molecular flexibility index (Phi) is 6.30. The zero-order valence-electron chi connectivity index (χ0n) is 15.0. The van der Waals surface area contributed by atoms with Crippen LogP contribution in [0.2, 0.25) is 5.02 Å². The molecule has 26 heavy (non-hydrogen) atoms. The molecule has 1 aliphatic rings. The number of nitrogens with one attached hydrogen (secondary N) is 1. The van der Waals surface area contributed by atoms with Crippen molar-refractivity contribution in [3.05, 3.63) is 70.2 Å². The Morgan fingerprint density at radius 2 is 1.96 bits per heavy atom. The minimum absolute atomic E-state index is 0.0782. The van der Waals surface area contributed by atoms with Crippen LogP contribution in [-0.4, -0.2) is 32.8 Å². The van der Waals surface area contributed by atoms with E-state index < -0.39 is 0 Å². The first-order chi connectivity index (χ1) is 12.6. The van der Waals surface area contributed by atoms with Crippen LogP contribution >= 0.6 is 11.6 Å². The smallest absolute Gasteiger partial charge is 0.251 e. The Balaban J connectivity index is 1.79. The first-order valence-corrected chi connectivity index (χ1v) is 9.21. The van der Waals surface area contributed by atoms with Crippen molar-refractivity contribution in [2.45, 2.75) is 24.9 Å². The van der Waals surface area contributed by atoms with Crippen molar-refractivity contribution >= 4 is 17.5 Å². The number of rotatable bonds is 6. The summed E-state index contributed by atoms with van der Waals surface area (Å²) in [5, 5.41) is 3.85. The van der Waals surface area contributed by atoms with Crippen LogP contribution in [0.15, 0.2) is 48.5 Å². The van der Waals surface area contributed by atoms with Crippen molar-refractivity contribution in [1.29, 1.82) is 0 Å². The molecule has 2 aromatic carbocycles. The van der Waals surface area contributed by atoms with Crippen molar-refractivity contribution in [1.82, 2.24) is 5.32 Å². The fraction of sp³-hybridized carbons (Fsp3) is 0.381. The molecule has 0 saturated carbocycles. The lowest BCUT2D eigenvalue weighted by Crippen LogP contribution is -2.44. The Labute approximate surface area is 159 Å². The van der Waals surface area contributed by atoms with Gasteiger partial charge >= 0.3 is 0 Å². The number of halogens is 1. The summed E-state index contributed by atoms with van der Waals surface area (Å²) >= 11 is 6.21. The molecular weight excluding hydrogens is 350 g/mol. The number of benzene rings is 2. The van der Waals surface area contributed by atoms with E-state index in [0.29, 0.717) is 37.0 Å². The standard InChI is InChI=1S/C21H24ClNO3/c1-25-14-16-5-2-3-8-19(16)20(24)23-15-21(9-11-26-12-10-21)17-6-4-7-18(22)13-17/h2-8,13H,9-12,14-15H2,1H3,(H,23,24). The maximum Gasteiger partial charge on any atom is 0.251 e. The van der Waals surface area contributed by atoms with Gasteiger partial charge < -0.3 is 14.8 Å². The number of carbonyl (C=O) groups is 1. The van der Waals surface area contributed by atoms with Gasteiger partial charge in [-0.1, -0.05) is 41.9 Å². The topological polar surface area (TPSA) is 47.6 Å². The number of hydrogen-bond donors (Lipinski definition) is 1. The quantitative estimate of drug-likeness (QED) is 0.833. The first kappa shape index (κ1) is 18.9. The monoisotopic (exact) mass is 373 g/mol. The van der Waals surface area contributed by atoms with E-state index >= 15 is 0 Å². The molecule has 1 heterocycles. The van der Waals surface area contributed by atoms with Gasteiger partial charge in [-0.2, -0.15) is 0 Å². The van der Waals surface area contributed by atoms with Crippen molar-refractivity contribution in [3.8, 4) is 0 Å². The summed E-state index contributed by atoms with van der Waals surface area (Å²) in [6.45, 7) is 2.33. The summed E-state index contributed by atoms with van der Waals surface area (Å²) in [4.78, 5) is 12.8. The third-order valence-corrected chi connectivity index (χ3v) is 5.27. The molecule has 0 bridgehead atoms. The Morgan fingerprint density at radius 1 is 1.19 bits per heavy atom. The predicted octanol–water partition coefficient (Wildman–Crippen LogP) is 3.96. The largest absolute Gasteiger partial charge is 0.381 e. The molecule has 1 amide bonds. The minimum atomic E-state index is -0.158. The molecule has 0 atom stereocenters. The molecule has 0 spiro atoms. The molecule has 4 nitrogen and oxygen atoms in total. The molecule has 2 aromatic rings. The van der Waals surface area contributed by atoms with Gasteiger partial charge in [0.25, 0.3) is 5.91 Å². The number of methoxy groups -OCH3 is 1. The normalized spacial score (nSPS) is 16.2. The molecule has 5 heteroatoms. The zero-order chi connectivity index (χ0) is 18.4. The molecule has 0 aromatic heterocycles. The fourth-order valence-electron chi connectivity index (χ4n) is 3.52. The molecule has 138 valence electrons. The van der Waals surface area contributed by atoms with Crippen LogP contribution in [0.25, 0.3) is 0 Å². The number of hydrogen-bond acceptors (Lipinski definition) is 3.